The van der Waals surface area contributed by atoms with Crippen LogP contribution in [0.25, 0.3) is 0 Å². The summed E-state index contributed by atoms with van der Waals surface area (Å²) in [5.74, 6) is -0.259. The molecular formula is C14H18N4O4. The van der Waals surface area contributed by atoms with Gasteiger partial charge in [0.2, 0.25) is 0 Å². The number of esters is 1. The Labute approximate surface area is 126 Å². The molecule has 1 aliphatic carbocycles. The number of anilines is 1. The van der Waals surface area contributed by atoms with Crippen LogP contribution >= 0.6 is 0 Å². The van der Waals surface area contributed by atoms with Crippen LogP contribution in [0.15, 0.2) is 9.59 Å². The van der Waals surface area contributed by atoms with E-state index in [2.05, 4.69) is 5.32 Å². The van der Waals surface area contributed by atoms with Crippen LogP contribution in [0, 0.1) is 17.2 Å². The number of nitrogens with one attached hydrogen (secondary N) is 1. The second-order valence-electron chi connectivity index (χ2n) is 5.42. The van der Waals surface area contributed by atoms with Gasteiger partial charge in [-0.25, -0.2) is 4.79 Å². The number of carbonyl (C=O) groups is 1. The van der Waals surface area contributed by atoms with Crippen LogP contribution in [-0.2, 0) is 23.6 Å². The Hall–Kier alpha value is -2.56. The van der Waals surface area contributed by atoms with Crippen LogP contribution in [0.5, 0.6) is 0 Å². The first kappa shape index (κ1) is 15.8. The normalized spacial score (nSPS) is 20.5. The van der Waals surface area contributed by atoms with Gasteiger partial charge < -0.3 is 10.1 Å². The minimum absolute atomic E-state index is 0.0890. The highest BCUT2D eigenvalue weighted by molar-refractivity contribution is 5.72. The topological polar surface area (TPSA) is 106 Å². The van der Waals surface area contributed by atoms with Gasteiger partial charge in [0.05, 0.1) is 13.0 Å². The molecule has 0 radical (unpaired) electrons. The van der Waals surface area contributed by atoms with Crippen LogP contribution in [0.1, 0.15) is 24.8 Å². The van der Waals surface area contributed by atoms with E-state index >= 15 is 0 Å². The minimum Gasteiger partial charge on any atom is -0.469 e. The summed E-state index contributed by atoms with van der Waals surface area (Å²) in [6.07, 6.45) is 1.92. The third-order valence-corrected chi connectivity index (χ3v) is 4.08. The van der Waals surface area contributed by atoms with Crippen molar-refractivity contribution in [3.8, 4) is 6.07 Å². The Bertz CT molecular complexity index is 756. The molecule has 0 aromatic carbocycles. The zero-order valence-electron chi connectivity index (χ0n) is 12.8. The summed E-state index contributed by atoms with van der Waals surface area (Å²) in [5.41, 5.74) is -1.24. The molecule has 1 aliphatic rings. The number of nitrogens with zero attached hydrogens (tertiary/aromatic N) is 3. The van der Waals surface area contributed by atoms with E-state index in [0.717, 1.165) is 4.57 Å². The molecule has 1 aromatic rings. The van der Waals surface area contributed by atoms with E-state index in [9.17, 15) is 19.6 Å². The van der Waals surface area contributed by atoms with Crippen molar-refractivity contribution >= 4 is 11.8 Å². The molecule has 1 heterocycles. The van der Waals surface area contributed by atoms with Crippen molar-refractivity contribution in [2.24, 2.45) is 20.0 Å². The fourth-order valence-corrected chi connectivity index (χ4v) is 2.80. The first-order valence-electron chi connectivity index (χ1n) is 6.95. The highest BCUT2D eigenvalue weighted by Gasteiger charge is 2.31. The van der Waals surface area contributed by atoms with E-state index in [1.54, 1.807) is 0 Å². The van der Waals surface area contributed by atoms with Crippen LogP contribution in [0.2, 0.25) is 0 Å². The predicted molar refractivity (Wildman–Crippen MR) is 78.4 cm³/mol. The van der Waals surface area contributed by atoms with Gasteiger partial charge in [-0.3, -0.25) is 18.7 Å². The molecule has 0 amide bonds. The molecule has 8 nitrogen and oxygen atoms in total. The zero-order valence-corrected chi connectivity index (χ0v) is 12.8. The largest absolute Gasteiger partial charge is 0.469 e. The van der Waals surface area contributed by atoms with E-state index in [-0.39, 0.29) is 29.3 Å². The number of hydrogen-bond donors (Lipinski definition) is 1. The molecule has 2 atom stereocenters. The number of hydrogen-bond acceptors (Lipinski definition) is 6. The molecule has 1 saturated carbocycles. The second-order valence-corrected chi connectivity index (χ2v) is 5.42. The zero-order chi connectivity index (χ0) is 16.4. The highest BCUT2D eigenvalue weighted by Crippen LogP contribution is 2.29. The lowest BCUT2D eigenvalue weighted by atomic mass is 10.1. The maximum Gasteiger partial charge on any atom is 0.332 e. The van der Waals surface area contributed by atoms with E-state index in [0.29, 0.717) is 19.3 Å². The Balaban J connectivity index is 2.32. The Morgan fingerprint density at radius 1 is 1.32 bits per heavy atom. The highest BCUT2D eigenvalue weighted by atomic mass is 16.5. The van der Waals surface area contributed by atoms with Gasteiger partial charge in [0, 0.05) is 20.1 Å². The van der Waals surface area contributed by atoms with Gasteiger partial charge in [-0.05, 0) is 19.3 Å². The Morgan fingerprint density at radius 2 is 2.00 bits per heavy atom. The number of aromatic nitrogens is 2. The van der Waals surface area contributed by atoms with Crippen LogP contribution in [0.4, 0.5) is 5.82 Å². The summed E-state index contributed by atoms with van der Waals surface area (Å²) >= 11 is 0. The van der Waals surface area contributed by atoms with Gasteiger partial charge in [-0.15, -0.1) is 0 Å². The van der Waals surface area contributed by atoms with E-state index in [1.807, 2.05) is 6.07 Å². The average molecular weight is 306 g/mol. The number of methoxy groups -OCH3 is 1. The lowest BCUT2D eigenvalue weighted by molar-refractivity contribution is -0.145. The molecule has 8 heteroatoms. The van der Waals surface area contributed by atoms with Crippen molar-refractivity contribution < 1.29 is 9.53 Å². The predicted octanol–water partition coefficient (Wildman–Crippen LogP) is -0.291. The van der Waals surface area contributed by atoms with Crippen molar-refractivity contribution in [2.75, 3.05) is 12.4 Å². The second kappa shape index (κ2) is 6.05. The van der Waals surface area contributed by atoms with E-state index in [1.165, 1.54) is 25.8 Å². The fraction of sp³-hybridized carbons (Fsp3) is 0.571. The molecule has 0 spiro atoms. The smallest absolute Gasteiger partial charge is 0.332 e. The fourth-order valence-electron chi connectivity index (χ4n) is 2.80. The third kappa shape index (κ3) is 2.62. The molecule has 1 aromatic heterocycles. The van der Waals surface area contributed by atoms with Crippen molar-refractivity contribution in [3.63, 3.8) is 0 Å². The standard InChI is InChI=1S/C14H18N4O4/c1-17-11(10(7-15)12(19)18(2)14(17)21)16-9-5-4-8(6-9)13(20)22-3/h8-9,16H,4-6H2,1-3H3/t8-,9+/m0/s1. The van der Waals surface area contributed by atoms with Crippen molar-refractivity contribution in [1.82, 2.24) is 9.13 Å². The van der Waals surface area contributed by atoms with Gasteiger partial charge in [0.25, 0.3) is 5.56 Å². The molecular weight excluding hydrogens is 288 g/mol. The summed E-state index contributed by atoms with van der Waals surface area (Å²) in [4.78, 5) is 35.5. The molecule has 0 saturated heterocycles. The van der Waals surface area contributed by atoms with Crippen LogP contribution < -0.4 is 16.6 Å². The monoisotopic (exact) mass is 306 g/mol. The maximum atomic E-state index is 12.0. The molecule has 118 valence electrons. The SMILES string of the molecule is COC(=O)[C@H]1CC[C@@H](Nc2c(C#N)c(=O)n(C)c(=O)n2C)C1. The number of nitriles is 1. The first-order chi connectivity index (χ1) is 10.4. The van der Waals surface area contributed by atoms with Gasteiger partial charge in [0.15, 0.2) is 5.56 Å². The third-order valence-electron chi connectivity index (χ3n) is 4.08. The number of carbonyl (C=O) groups excluding carboxylic acids is 1. The molecule has 0 bridgehead atoms. The molecule has 22 heavy (non-hydrogen) atoms. The van der Waals surface area contributed by atoms with E-state index < -0.39 is 11.2 Å². The van der Waals surface area contributed by atoms with E-state index in [4.69, 9.17) is 4.74 Å². The molecule has 0 aliphatic heterocycles. The molecule has 2 rings (SSSR count). The lowest BCUT2D eigenvalue weighted by Crippen LogP contribution is -2.40. The van der Waals surface area contributed by atoms with Crippen LogP contribution in [0.3, 0.4) is 0 Å². The van der Waals surface area contributed by atoms with Gasteiger partial charge in [-0.2, -0.15) is 5.26 Å². The quantitative estimate of drug-likeness (QED) is 0.769. The van der Waals surface area contributed by atoms with Crippen molar-refractivity contribution in [3.05, 3.63) is 26.4 Å². The number of rotatable bonds is 3. The minimum atomic E-state index is -0.629. The molecule has 1 N–H and O–H groups in total. The van der Waals surface area contributed by atoms with Crippen molar-refractivity contribution in [1.29, 1.82) is 5.26 Å². The summed E-state index contributed by atoms with van der Waals surface area (Å²) < 4.78 is 6.87. The first-order valence-corrected chi connectivity index (χ1v) is 6.95. The Morgan fingerprint density at radius 3 is 2.59 bits per heavy atom. The molecule has 1 fully saturated rings. The van der Waals surface area contributed by atoms with Gasteiger partial charge in [0.1, 0.15) is 11.9 Å². The summed E-state index contributed by atoms with van der Waals surface area (Å²) in [6.45, 7) is 0. The number of ether oxygens (including phenoxy) is 1. The average Bonchev–Trinajstić information content (AvgIpc) is 2.98. The summed E-state index contributed by atoms with van der Waals surface area (Å²) in [7, 11) is 4.18. The molecule has 0 unspecified atom stereocenters. The lowest BCUT2D eigenvalue weighted by Gasteiger charge is -2.18. The van der Waals surface area contributed by atoms with Gasteiger partial charge in [-0.1, -0.05) is 0 Å². The van der Waals surface area contributed by atoms with Gasteiger partial charge >= 0.3 is 11.7 Å². The summed E-state index contributed by atoms with van der Waals surface area (Å²) in [6, 6.07) is 1.76. The van der Waals surface area contributed by atoms with Crippen LogP contribution in [-0.4, -0.2) is 28.3 Å². The maximum absolute atomic E-state index is 12.0. The summed E-state index contributed by atoms with van der Waals surface area (Å²) in [5, 5.41) is 12.3. The van der Waals surface area contributed by atoms with Crippen molar-refractivity contribution in [2.45, 2.75) is 25.3 Å². The Kier molecular flexibility index (Phi) is 4.35.